The van der Waals surface area contributed by atoms with Crippen LogP contribution in [-0.4, -0.2) is 87.2 Å². The van der Waals surface area contributed by atoms with E-state index in [1.165, 1.54) is 4.90 Å². The van der Waals surface area contributed by atoms with Gasteiger partial charge >= 0.3 is 6.09 Å². The van der Waals surface area contributed by atoms with Gasteiger partial charge in [0, 0.05) is 25.9 Å². The van der Waals surface area contributed by atoms with Gasteiger partial charge in [-0.15, -0.1) is 11.3 Å². The molecule has 0 unspecified atom stereocenters. The third-order valence-electron chi connectivity index (χ3n) is 9.58. The highest BCUT2D eigenvalue weighted by atomic mass is 32.1. The first-order chi connectivity index (χ1) is 26.7. The van der Waals surface area contributed by atoms with Gasteiger partial charge in [-0.3, -0.25) is 19.2 Å². The molecule has 1 saturated heterocycles. The number of aliphatic hydroxyl groups excluding tert-OH is 1. The lowest BCUT2D eigenvalue weighted by molar-refractivity contribution is -0.144. The number of nitrogens with two attached hydrogens (primary N) is 1. The molecular formula is C42H58N6O8S. The van der Waals surface area contributed by atoms with Gasteiger partial charge in [0.05, 0.1) is 47.4 Å². The first kappa shape index (κ1) is 44.8. The van der Waals surface area contributed by atoms with Crippen molar-refractivity contribution in [2.24, 2.45) is 11.1 Å². The molecule has 2 aromatic carbocycles. The Kier molecular flexibility index (Phi) is 15.4. The van der Waals surface area contributed by atoms with Gasteiger partial charge < -0.3 is 41.2 Å². The molecule has 0 radical (unpaired) electrons. The topological polar surface area (TPSA) is 202 Å². The van der Waals surface area contributed by atoms with Crippen molar-refractivity contribution in [3.8, 4) is 10.4 Å². The van der Waals surface area contributed by atoms with Crippen molar-refractivity contribution in [3.05, 3.63) is 76.4 Å². The third-order valence-corrected chi connectivity index (χ3v) is 10.6. The maximum absolute atomic E-state index is 14.1. The average molecular weight is 807 g/mol. The number of rotatable bonds is 16. The molecule has 14 nitrogen and oxygen atoms in total. The first-order valence-electron chi connectivity index (χ1n) is 19.2. The molecule has 6 N–H and O–H groups in total. The summed E-state index contributed by atoms with van der Waals surface area (Å²) in [5, 5.41) is 19.2. The summed E-state index contributed by atoms with van der Waals surface area (Å²) in [4.78, 5) is 71.5. The van der Waals surface area contributed by atoms with Gasteiger partial charge in [-0.1, -0.05) is 69.3 Å². The molecule has 1 aliphatic rings. The van der Waals surface area contributed by atoms with E-state index in [2.05, 4.69) is 20.9 Å². The number of β-amino-alcohol motifs (C(OH)–C–C–N with tert-alkyl or cyclic N) is 1. The van der Waals surface area contributed by atoms with Gasteiger partial charge in [-0.2, -0.15) is 0 Å². The number of carbonyl (C=O) groups is 5. The van der Waals surface area contributed by atoms with Crippen LogP contribution in [0.15, 0.2) is 54.0 Å². The standard InChI is InChI=1S/C42H58N6O8S/c1-25-36(57-24-45-25)30-15-13-28(14-16-30)21-44-38(52)33-20-31(49)22-48(33)39(53)37(41(3,4)5)47-35(51)19-27-9-11-29(12-10-27)23-55-26(2)32(17-18-34(43)50)46-40(54)56-42(6,7)8/h9-16,24,26,31-33,37,49H,17-23H2,1-8H3,(H2,43,50)(H,44,52)(H,46,54)(H,47,51)/t26-,31-,32+,33+,37-/m1/s1. The number of ether oxygens (including phenoxy) is 2. The van der Waals surface area contributed by atoms with E-state index in [1.807, 2.05) is 69.6 Å². The fourth-order valence-electron chi connectivity index (χ4n) is 6.46. The van der Waals surface area contributed by atoms with Crippen LogP contribution < -0.4 is 21.7 Å². The van der Waals surface area contributed by atoms with Crippen molar-refractivity contribution in [3.63, 3.8) is 0 Å². The van der Waals surface area contributed by atoms with Crippen LogP contribution in [0.25, 0.3) is 10.4 Å². The number of likely N-dealkylation sites (tertiary alicyclic amines) is 1. The molecule has 15 heteroatoms. The van der Waals surface area contributed by atoms with Crippen LogP contribution in [0, 0.1) is 12.3 Å². The molecule has 0 saturated carbocycles. The molecule has 3 aromatic rings. The molecule has 1 fully saturated rings. The quantitative estimate of drug-likeness (QED) is 0.138. The smallest absolute Gasteiger partial charge is 0.407 e. The molecule has 0 aliphatic carbocycles. The number of nitrogens with one attached hydrogen (secondary N) is 3. The molecule has 4 rings (SSSR count). The summed E-state index contributed by atoms with van der Waals surface area (Å²) in [6, 6.07) is 12.7. The average Bonchev–Trinajstić information content (AvgIpc) is 3.74. The molecular weight excluding hydrogens is 749 g/mol. The fraction of sp³-hybridized carbons (Fsp3) is 0.524. The van der Waals surface area contributed by atoms with Crippen molar-refractivity contribution in [2.45, 2.75) is 130 Å². The molecule has 0 spiro atoms. The minimum absolute atomic E-state index is 0.000292. The number of alkyl carbamates (subject to hydrolysis) is 1. The lowest BCUT2D eigenvalue weighted by atomic mass is 9.85. The normalized spacial score (nSPS) is 17.3. The molecule has 5 amide bonds. The maximum Gasteiger partial charge on any atom is 0.407 e. The van der Waals surface area contributed by atoms with Gasteiger partial charge in [0.2, 0.25) is 23.6 Å². The second kappa shape index (κ2) is 19.5. The van der Waals surface area contributed by atoms with Gasteiger partial charge in [-0.05, 0) is 68.7 Å². The minimum Gasteiger partial charge on any atom is -0.444 e. The van der Waals surface area contributed by atoms with Crippen molar-refractivity contribution in [2.75, 3.05) is 6.54 Å². The first-order valence-corrected chi connectivity index (χ1v) is 20.1. The Hall–Kier alpha value is -4.86. The lowest BCUT2D eigenvalue weighted by Crippen LogP contribution is -2.58. The molecule has 310 valence electrons. The van der Waals surface area contributed by atoms with Gasteiger partial charge in [-0.25, -0.2) is 9.78 Å². The summed E-state index contributed by atoms with van der Waals surface area (Å²) in [5.74, 6) is -1.67. The number of primary amides is 1. The number of carbonyl (C=O) groups excluding carboxylic acids is 5. The molecule has 57 heavy (non-hydrogen) atoms. The maximum atomic E-state index is 14.1. The minimum atomic E-state index is -0.959. The Labute approximate surface area is 339 Å². The number of amides is 5. The van der Waals surface area contributed by atoms with Crippen molar-refractivity contribution in [1.82, 2.24) is 25.8 Å². The summed E-state index contributed by atoms with van der Waals surface area (Å²) in [6.07, 6.45) is -1.55. The van der Waals surface area contributed by atoms with Crippen LogP contribution in [0.3, 0.4) is 0 Å². The summed E-state index contributed by atoms with van der Waals surface area (Å²) >= 11 is 1.57. The predicted octanol–water partition coefficient (Wildman–Crippen LogP) is 4.53. The van der Waals surface area contributed by atoms with E-state index in [1.54, 1.807) is 51.2 Å². The van der Waals surface area contributed by atoms with Crippen LogP contribution in [0.4, 0.5) is 4.79 Å². The molecule has 5 atom stereocenters. The summed E-state index contributed by atoms with van der Waals surface area (Å²) in [6.45, 7) is 15.0. The lowest BCUT2D eigenvalue weighted by Gasteiger charge is -2.35. The zero-order chi connectivity index (χ0) is 42.1. The molecule has 1 aliphatic heterocycles. The highest BCUT2D eigenvalue weighted by Gasteiger charge is 2.44. The Balaban J connectivity index is 1.32. The Morgan fingerprint density at radius 1 is 0.965 bits per heavy atom. The van der Waals surface area contributed by atoms with Gasteiger partial charge in [0.15, 0.2) is 0 Å². The summed E-state index contributed by atoms with van der Waals surface area (Å²) < 4.78 is 11.4. The largest absolute Gasteiger partial charge is 0.444 e. The van der Waals surface area contributed by atoms with Crippen molar-refractivity contribution in [1.29, 1.82) is 0 Å². The van der Waals surface area contributed by atoms with Crippen LogP contribution >= 0.6 is 11.3 Å². The van der Waals surface area contributed by atoms with Crippen LogP contribution in [0.5, 0.6) is 0 Å². The zero-order valence-electron chi connectivity index (χ0n) is 34.2. The Morgan fingerprint density at radius 3 is 2.18 bits per heavy atom. The number of aliphatic hydroxyl groups is 1. The number of hydrogen-bond acceptors (Lipinski definition) is 10. The van der Waals surface area contributed by atoms with Gasteiger partial charge in [0.1, 0.15) is 17.7 Å². The van der Waals surface area contributed by atoms with Crippen LogP contribution in [-0.2, 0) is 48.2 Å². The Morgan fingerprint density at radius 2 is 1.60 bits per heavy atom. The summed E-state index contributed by atoms with van der Waals surface area (Å²) in [7, 11) is 0. The fourth-order valence-corrected chi connectivity index (χ4v) is 7.27. The summed E-state index contributed by atoms with van der Waals surface area (Å²) in [5.41, 5.74) is 10.2. The van der Waals surface area contributed by atoms with E-state index in [-0.39, 0.29) is 57.2 Å². The number of hydrogen-bond donors (Lipinski definition) is 5. The van der Waals surface area contributed by atoms with E-state index in [0.29, 0.717) is 5.56 Å². The van der Waals surface area contributed by atoms with E-state index < -0.39 is 59.3 Å². The number of benzene rings is 2. The SMILES string of the molecule is Cc1ncsc1-c1ccc(CNC(=O)[C@@H]2C[C@@H](O)CN2C(=O)[C@@H](NC(=O)Cc2ccc(CO[C@H](C)[C@H](CCC(N)=O)NC(=O)OC(C)(C)C)cc2)C(C)(C)C)cc1. The van der Waals surface area contributed by atoms with E-state index in [0.717, 1.165) is 27.3 Å². The van der Waals surface area contributed by atoms with Crippen LogP contribution in [0.2, 0.25) is 0 Å². The van der Waals surface area contributed by atoms with E-state index >= 15 is 0 Å². The highest BCUT2D eigenvalue weighted by molar-refractivity contribution is 7.13. The molecule has 2 heterocycles. The zero-order valence-corrected chi connectivity index (χ0v) is 35.0. The second-order valence-electron chi connectivity index (χ2n) is 16.7. The number of aromatic nitrogens is 1. The number of thiazole rings is 1. The van der Waals surface area contributed by atoms with E-state index in [9.17, 15) is 29.1 Å². The van der Waals surface area contributed by atoms with Crippen LogP contribution in [0.1, 0.15) is 90.1 Å². The predicted molar refractivity (Wildman–Crippen MR) is 218 cm³/mol. The Bertz CT molecular complexity index is 1850. The van der Waals surface area contributed by atoms with E-state index in [4.69, 9.17) is 15.2 Å². The van der Waals surface area contributed by atoms with Gasteiger partial charge in [0.25, 0.3) is 0 Å². The highest BCUT2D eigenvalue weighted by Crippen LogP contribution is 2.28. The molecule has 0 bridgehead atoms. The number of nitrogens with zero attached hydrogens (tertiary/aromatic N) is 2. The molecule has 1 aromatic heterocycles. The van der Waals surface area contributed by atoms with Crippen molar-refractivity contribution >= 4 is 41.1 Å². The monoisotopic (exact) mass is 806 g/mol. The van der Waals surface area contributed by atoms with Crippen molar-refractivity contribution < 1.29 is 38.6 Å². The number of aryl methyl sites for hydroxylation is 1. The second-order valence-corrected chi connectivity index (χ2v) is 17.6. The third kappa shape index (κ3) is 13.6.